The maximum absolute atomic E-state index is 12.4. The zero-order chi connectivity index (χ0) is 18.1. The van der Waals surface area contributed by atoms with E-state index in [0.717, 1.165) is 22.4 Å². The highest BCUT2D eigenvalue weighted by molar-refractivity contribution is 5.81. The van der Waals surface area contributed by atoms with Gasteiger partial charge in [0.2, 0.25) is 5.91 Å². The standard InChI is InChI=1S/C21H22N4O/c1-15(21-23-17-8-4-6-10-19(17)24(21)2)22-20(26)12-14-25-13-11-16-7-3-5-9-18(16)25/h3-11,13,15H,12,14H2,1-2H3,(H,22,26)/t15-/m0/s1. The van der Waals surface area contributed by atoms with Gasteiger partial charge in [0.25, 0.3) is 0 Å². The van der Waals surface area contributed by atoms with E-state index >= 15 is 0 Å². The molecule has 1 amide bonds. The van der Waals surface area contributed by atoms with Crippen LogP contribution in [0, 0.1) is 0 Å². The Morgan fingerprint density at radius 1 is 1.08 bits per heavy atom. The fourth-order valence-electron chi connectivity index (χ4n) is 3.49. The minimum atomic E-state index is -0.138. The summed E-state index contributed by atoms with van der Waals surface area (Å²) < 4.78 is 4.16. The molecule has 0 aliphatic heterocycles. The average molecular weight is 346 g/mol. The fourth-order valence-corrected chi connectivity index (χ4v) is 3.49. The van der Waals surface area contributed by atoms with Crippen LogP contribution in [-0.4, -0.2) is 20.0 Å². The summed E-state index contributed by atoms with van der Waals surface area (Å²) in [5, 5.41) is 4.27. The molecule has 5 nitrogen and oxygen atoms in total. The maximum atomic E-state index is 12.4. The molecule has 0 fully saturated rings. The van der Waals surface area contributed by atoms with Gasteiger partial charge < -0.3 is 14.5 Å². The van der Waals surface area contributed by atoms with Crippen LogP contribution < -0.4 is 5.32 Å². The molecular formula is C21H22N4O. The van der Waals surface area contributed by atoms with E-state index in [0.29, 0.717) is 13.0 Å². The van der Waals surface area contributed by atoms with Crippen LogP contribution in [0.15, 0.2) is 60.8 Å². The summed E-state index contributed by atoms with van der Waals surface area (Å²) in [5.41, 5.74) is 3.18. The number of amides is 1. The van der Waals surface area contributed by atoms with E-state index in [-0.39, 0.29) is 11.9 Å². The Bertz CT molecular complexity index is 1080. The third-order valence-electron chi connectivity index (χ3n) is 4.85. The first-order chi connectivity index (χ1) is 12.6. The topological polar surface area (TPSA) is 51.9 Å². The van der Waals surface area contributed by atoms with E-state index in [4.69, 9.17) is 0 Å². The van der Waals surface area contributed by atoms with Gasteiger partial charge in [0.05, 0.1) is 17.1 Å². The molecular weight excluding hydrogens is 324 g/mol. The van der Waals surface area contributed by atoms with Crippen molar-refractivity contribution in [1.29, 1.82) is 0 Å². The van der Waals surface area contributed by atoms with Crippen LogP contribution >= 0.6 is 0 Å². The Morgan fingerprint density at radius 2 is 1.81 bits per heavy atom. The summed E-state index contributed by atoms with van der Waals surface area (Å²) in [6, 6.07) is 18.2. The molecule has 5 heteroatoms. The molecule has 0 spiro atoms. The Kier molecular flexibility index (Phi) is 4.21. The Balaban J connectivity index is 1.43. The van der Waals surface area contributed by atoms with Crippen molar-refractivity contribution >= 4 is 27.8 Å². The summed E-state index contributed by atoms with van der Waals surface area (Å²) in [6.07, 6.45) is 2.47. The van der Waals surface area contributed by atoms with E-state index < -0.39 is 0 Å². The van der Waals surface area contributed by atoms with Gasteiger partial charge in [0, 0.05) is 31.7 Å². The highest BCUT2D eigenvalue weighted by Crippen LogP contribution is 2.19. The van der Waals surface area contributed by atoms with Gasteiger partial charge in [-0.1, -0.05) is 30.3 Å². The number of nitrogens with zero attached hydrogens (tertiary/aromatic N) is 3. The summed E-state index contributed by atoms with van der Waals surface area (Å²) in [7, 11) is 1.99. The number of aryl methyl sites for hydroxylation is 2. The number of nitrogens with one attached hydrogen (secondary N) is 1. The first-order valence-corrected chi connectivity index (χ1v) is 8.88. The van der Waals surface area contributed by atoms with Crippen LogP contribution in [0.5, 0.6) is 0 Å². The smallest absolute Gasteiger partial charge is 0.222 e. The van der Waals surface area contributed by atoms with E-state index in [1.807, 2.05) is 61.1 Å². The predicted molar refractivity (Wildman–Crippen MR) is 104 cm³/mol. The van der Waals surface area contributed by atoms with Gasteiger partial charge in [0.1, 0.15) is 5.82 Å². The number of carbonyl (C=O) groups is 1. The van der Waals surface area contributed by atoms with Crippen LogP contribution in [0.3, 0.4) is 0 Å². The van der Waals surface area contributed by atoms with Crippen LogP contribution in [0.2, 0.25) is 0 Å². The molecule has 132 valence electrons. The van der Waals surface area contributed by atoms with Crippen molar-refractivity contribution < 1.29 is 4.79 Å². The van der Waals surface area contributed by atoms with Crippen molar-refractivity contribution in [2.75, 3.05) is 0 Å². The molecule has 26 heavy (non-hydrogen) atoms. The third kappa shape index (κ3) is 2.96. The van der Waals surface area contributed by atoms with Crippen LogP contribution in [0.4, 0.5) is 0 Å². The van der Waals surface area contributed by atoms with Gasteiger partial charge in [-0.15, -0.1) is 0 Å². The zero-order valence-corrected chi connectivity index (χ0v) is 15.0. The predicted octanol–water partition coefficient (Wildman–Crippen LogP) is 3.80. The molecule has 0 aliphatic rings. The highest BCUT2D eigenvalue weighted by Gasteiger charge is 2.16. The van der Waals surface area contributed by atoms with Crippen molar-refractivity contribution in [1.82, 2.24) is 19.4 Å². The second-order valence-electron chi connectivity index (χ2n) is 6.62. The Hall–Kier alpha value is -3.08. The van der Waals surface area contributed by atoms with Gasteiger partial charge in [-0.3, -0.25) is 4.79 Å². The van der Waals surface area contributed by atoms with Crippen LogP contribution in [0.1, 0.15) is 25.2 Å². The highest BCUT2D eigenvalue weighted by atomic mass is 16.1. The molecule has 1 N–H and O–H groups in total. The molecule has 2 aromatic heterocycles. The third-order valence-corrected chi connectivity index (χ3v) is 4.85. The van der Waals surface area contributed by atoms with E-state index in [2.05, 4.69) is 33.1 Å². The molecule has 0 bridgehead atoms. The molecule has 4 rings (SSSR count). The van der Waals surface area contributed by atoms with Gasteiger partial charge in [-0.2, -0.15) is 0 Å². The second kappa shape index (κ2) is 6.67. The molecule has 2 heterocycles. The number of aromatic nitrogens is 3. The van der Waals surface area contributed by atoms with Gasteiger partial charge in [-0.25, -0.2) is 4.98 Å². The minimum absolute atomic E-state index is 0.0299. The summed E-state index contributed by atoms with van der Waals surface area (Å²) in [4.78, 5) is 17.1. The largest absolute Gasteiger partial charge is 0.347 e. The molecule has 0 radical (unpaired) electrons. The number of fused-ring (bicyclic) bond motifs is 2. The normalized spacial score (nSPS) is 12.5. The molecule has 0 saturated carbocycles. The second-order valence-corrected chi connectivity index (χ2v) is 6.62. The van der Waals surface area contributed by atoms with Gasteiger partial charge in [0.15, 0.2) is 0 Å². The number of hydrogen-bond acceptors (Lipinski definition) is 2. The lowest BCUT2D eigenvalue weighted by Crippen LogP contribution is -2.29. The van der Waals surface area contributed by atoms with Crippen LogP contribution in [-0.2, 0) is 18.4 Å². The number of carbonyl (C=O) groups excluding carboxylic acids is 1. The monoisotopic (exact) mass is 346 g/mol. The molecule has 4 aromatic rings. The van der Waals surface area contributed by atoms with Gasteiger partial charge in [-0.05, 0) is 36.6 Å². The zero-order valence-electron chi connectivity index (χ0n) is 15.0. The lowest BCUT2D eigenvalue weighted by Gasteiger charge is -2.14. The fraction of sp³-hybridized carbons (Fsp3) is 0.238. The average Bonchev–Trinajstić information content (AvgIpc) is 3.22. The first-order valence-electron chi connectivity index (χ1n) is 8.88. The van der Waals surface area contributed by atoms with Crippen molar-refractivity contribution in [3.05, 3.63) is 66.6 Å². The number of para-hydroxylation sites is 3. The molecule has 0 aliphatic carbocycles. The molecule has 2 aromatic carbocycles. The lowest BCUT2D eigenvalue weighted by atomic mass is 10.2. The number of hydrogen-bond donors (Lipinski definition) is 1. The number of rotatable bonds is 5. The van der Waals surface area contributed by atoms with Gasteiger partial charge >= 0.3 is 0 Å². The van der Waals surface area contributed by atoms with Crippen molar-refractivity contribution in [3.8, 4) is 0 Å². The summed E-state index contributed by atoms with van der Waals surface area (Å²) in [5.74, 6) is 0.897. The van der Waals surface area contributed by atoms with Crippen molar-refractivity contribution in [3.63, 3.8) is 0 Å². The molecule has 0 unspecified atom stereocenters. The summed E-state index contributed by atoms with van der Waals surface area (Å²) in [6.45, 7) is 2.64. The Labute approximate surface area is 152 Å². The van der Waals surface area contributed by atoms with E-state index in [1.165, 1.54) is 5.39 Å². The van der Waals surface area contributed by atoms with E-state index in [9.17, 15) is 4.79 Å². The number of benzene rings is 2. The van der Waals surface area contributed by atoms with E-state index in [1.54, 1.807) is 0 Å². The van der Waals surface area contributed by atoms with Crippen molar-refractivity contribution in [2.45, 2.75) is 25.9 Å². The Morgan fingerprint density at radius 3 is 2.62 bits per heavy atom. The minimum Gasteiger partial charge on any atom is -0.347 e. The van der Waals surface area contributed by atoms with Crippen LogP contribution in [0.25, 0.3) is 21.9 Å². The quantitative estimate of drug-likeness (QED) is 0.598. The SMILES string of the molecule is C[C@H](NC(=O)CCn1ccc2ccccc21)c1nc2ccccc2n1C. The summed E-state index contributed by atoms with van der Waals surface area (Å²) >= 11 is 0. The molecule has 0 saturated heterocycles. The molecule has 1 atom stereocenters. The lowest BCUT2D eigenvalue weighted by molar-refractivity contribution is -0.122. The van der Waals surface area contributed by atoms with Crippen molar-refractivity contribution in [2.24, 2.45) is 7.05 Å². The first kappa shape index (κ1) is 16.4. The number of imidazole rings is 1. The maximum Gasteiger partial charge on any atom is 0.222 e.